The molecule has 0 aliphatic heterocycles. The van der Waals surface area contributed by atoms with E-state index in [2.05, 4.69) is 10.8 Å². The number of thiophene rings is 1. The van der Waals surface area contributed by atoms with Gasteiger partial charge in [-0.1, -0.05) is 41.4 Å². The molecule has 144 valence electrons. The van der Waals surface area contributed by atoms with Crippen molar-refractivity contribution >= 4 is 61.9 Å². The number of hydrogen-bond acceptors (Lipinski definition) is 3. The summed E-state index contributed by atoms with van der Waals surface area (Å²) in [5.74, 6) is 0. The van der Waals surface area contributed by atoms with E-state index in [1.165, 1.54) is 10.4 Å². The highest BCUT2D eigenvalue weighted by Crippen LogP contribution is 2.41. The van der Waals surface area contributed by atoms with Gasteiger partial charge in [0.15, 0.2) is 0 Å². The quantitative estimate of drug-likeness (QED) is 0.523. The Morgan fingerprint density at radius 2 is 1.86 bits per heavy atom. The van der Waals surface area contributed by atoms with Gasteiger partial charge in [-0.2, -0.15) is 0 Å². The van der Waals surface area contributed by atoms with Crippen LogP contribution in [-0.2, 0) is 22.9 Å². The van der Waals surface area contributed by atoms with Gasteiger partial charge in [0.25, 0.3) is 0 Å². The van der Waals surface area contributed by atoms with Crippen molar-refractivity contribution in [1.29, 1.82) is 0 Å². The minimum absolute atomic E-state index is 0.533. The van der Waals surface area contributed by atoms with E-state index in [9.17, 15) is 8.42 Å². The molecule has 0 amide bonds. The molecule has 3 aromatic rings. The third-order valence-corrected chi connectivity index (χ3v) is 6.71. The van der Waals surface area contributed by atoms with Gasteiger partial charge < -0.3 is 0 Å². The summed E-state index contributed by atoms with van der Waals surface area (Å²) in [4.78, 5) is 1.24. The Balaban J connectivity index is 1.87. The largest absolute Gasteiger partial charge is 0.284 e. The molecule has 0 bridgehead atoms. The Kier molecular flexibility index (Phi) is 5.27. The van der Waals surface area contributed by atoms with Crippen molar-refractivity contribution < 1.29 is 8.42 Å². The molecule has 1 N–H and O–H groups in total. The SMILES string of the molecule is CS(=O)(=O)Nc1cccc(/C=C2\c3ccc(Cl)cc3CCc3sc(Cl)cc32)c1. The average Bonchev–Trinajstić information content (AvgIpc) is 2.92. The predicted molar refractivity (Wildman–Crippen MR) is 120 cm³/mol. The molecule has 0 fully saturated rings. The zero-order chi connectivity index (χ0) is 19.9. The molecule has 7 heteroatoms. The standard InChI is InChI=1S/C21H17Cl2NO2S2/c1-28(25,26)24-16-4-2-3-13(9-16)10-18-17-7-6-15(22)11-14(17)5-8-20-19(18)12-21(23)27-20/h2-4,6-7,9-12,24H,5,8H2,1H3/b18-10+. The third-order valence-electron chi connectivity index (χ3n) is 4.55. The monoisotopic (exact) mass is 449 g/mol. The van der Waals surface area contributed by atoms with Gasteiger partial charge in [-0.25, -0.2) is 8.42 Å². The van der Waals surface area contributed by atoms with Gasteiger partial charge in [-0.15, -0.1) is 11.3 Å². The lowest BCUT2D eigenvalue weighted by atomic mass is 9.94. The Morgan fingerprint density at radius 3 is 2.64 bits per heavy atom. The van der Waals surface area contributed by atoms with E-state index >= 15 is 0 Å². The molecule has 2 aromatic carbocycles. The van der Waals surface area contributed by atoms with Crippen molar-refractivity contribution in [3.05, 3.63) is 85.0 Å². The Bertz CT molecular complexity index is 1200. The molecule has 3 nitrogen and oxygen atoms in total. The lowest BCUT2D eigenvalue weighted by Crippen LogP contribution is -2.09. The van der Waals surface area contributed by atoms with E-state index in [0.717, 1.165) is 50.7 Å². The predicted octanol–water partition coefficient (Wildman–Crippen LogP) is 6.11. The molecule has 1 aliphatic carbocycles. The fourth-order valence-electron chi connectivity index (χ4n) is 3.46. The molecule has 0 atom stereocenters. The smallest absolute Gasteiger partial charge is 0.229 e. The number of benzene rings is 2. The summed E-state index contributed by atoms with van der Waals surface area (Å²) < 4.78 is 26.4. The fraction of sp³-hybridized carbons (Fsp3) is 0.143. The molecular weight excluding hydrogens is 433 g/mol. The first-order valence-corrected chi connectivity index (χ1v) is 12.1. The average molecular weight is 450 g/mol. The highest BCUT2D eigenvalue weighted by atomic mass is 35.5. The van der Waals surface area contributed by atoms with Gasteiger partial charge in [-0.3, -0.25) is 4.72 Å². The number of halogens is 2. The van der Waals surface area contributed by atoms with Crippen molar-refractivity contribution in [1.82, 2.24) is 0 Å². The summed E-state index contributed by atoms with van der Waals surface area (Å²) in [6, 6.07) is 15.3. The van der Waals surface area contributed by atoms with Crippen LogP contribution in [0.4, 0.5) is 5.69 Å². The molecule has 28 heavy (non-hydrogen) atoms. The van der Waals surface area contributed by atoms with Crippen LogP contribution in [0.5, 0.6) is 0 Å². The Labute approximate surface area is 178 Å². The summed E-state index contributed by atoms with van der Waals surface area (Å²) >= 11 is 14.1. The van der Waals surface area contributed by atoms with Crippen LogP contribution in [0.15, 0.2) is 48.5 Å². The maximum Gasteiger partial charge on any atom is 0.229 e. The number of nitrogens with one attached hydrogen (secondary N) is 1. The molecule has 0 unspecified atom stereocenters. The molecule has 0 radical (unpaired) electrons. The lowest BCUT2D eigenvalue weighted by molar-refractivity contribution is 0.607. The number of aryl methyl sites for hydroxylation is 2. The van der Waals surface area contributed by atoms with Crippen LogP contribution in [0.2, 0.25) is 9.36 Å². The maximum absolute atomic E-state index is 11.6. The number of hydrogen-bond donors (Lipinski definition) is 1. The topological polar surface area (TPSA) is 46.2 Å². The number of anilines is 1. The minimum atomic E-state index is -3.33. The van der Waals surface area contributed by atoms with Gasteiger partial charge in [0.05, 0.1) is 10.6 Å². The second kappa shape index (κ2) is 7.56. The summed E-state index contributed by atoms with van der Waals surface area (Å²) in [6.45, 7) is 0. The van der Waals surface area contributed by atoms with Crippen LogP contribution in [0.25, 0.3) is 11.6 Å². The molecular formula is C21H17Cl2NO2S2. The fourth-order valence-corrected chi connectivity index (χ4v) is 5.50. The second-order valence-corrected chi connectivity index (χ2v) is 10.7. The number of fused-ring (bicyclic) bond motifs is 2. The number of sulfonamides is 1. The Hall–Kier alpha value is -1.79. The normalized spacial score (nSPS) is 15.0. The molecule has 0 spiro atoms. The molecule has 1 aromatic heterocycles. The second-order valence-electron chi connectivity index (χ2n) is 6.75. The maximum atomic E-state index is 11.6. The first kappa shape index (κ1) is 19.5. The van der Waals surface area contributed by atoms with Crippen LogP contribution >= 0.6 is 34.5 Å². The van der Waals surface area contributed by atoms with E-state index in [4.69, 9.17) is 23.2 Å². The summed E-state index contributed by atoms with van der Waals surface area (Å²) in [5, 5.41) is 0.723. The lowest BCUT2D eigenvalue weighted by Gasteiger charge is -2.11. The first-order valence-electron chi connectivity index (χ1n) is 8.65. The van der Waals surface area contributed by atoms with Crippen LogP contribution in [0.3, 0.4) is 0 Å². The molecule has 1 aliphatic rings. The van der Waals surface area contributed by atoms with Crippen LogP contribution in [-0.4, -0.2) is 14.7 Å². The minimum Gasteiger partial charge on any atom is -0.284 e. The van der Waals surface area contributed by atoms with Crippen molar-refractivity contribution in [3.63, 3.8) is 0 Å². The van der Waals surface area contributed by atoms with Crippen LogP contribution < -0.4 is 4.72 Å². The first-order chi connectivity index (χ1) is 13.3. The van der Waals surface area contributed by atoms with E-state index in [0.29, 0.717) is 5.69 Å². The van der Waals surface area contributed by atoms with Gasteiger partial charge >= 0.3 is 0 Å². The van der Waals surface area contributed by atoms with Crippen molar-refractivity contribution in [2.24, 2.45) is 0 Å². The van der Waals surface area contributed by atoms with Crippen LogP contribution in [0.1, 0.15) is 27.1 Å². The Morgan fingerprint density at radius 1 is 1.04 bits per heavy atom. The summed E-state index contributed by atoms with van der Waals surface area (Å²) in [7, 11) is -3.33. The number of rotatable bonds is 3. The molecule has 0 saturated carbocycles. The van der Waals surface area contributed by atoms with Gasteiger partial charge in [-0.05, 0) is 77.1 Å². The van der Waals surface area contributed by atoms with Gasteiger partial charge in [0.1, 0.15) is 0 Å². The van der Waals surface area contributed by atoms with Gasteiger partial charge in [0.2, 0.25) is 10.0 Å². The summed E-state index contributed by atoms with van der Waals surface area (Å²) in [5.41, 5.74) is 5.95. The van der Waals surface area contributed by atoms with Crippen LogP contribution in [0, 0.1) is 0 Å². The van der Waals surface area contributed by atoms with Crippen molar-refractivity contribution in [3.8, 4) is 0 Å². The summed E-state index contributed by atoms with van der Waals surface area (Å²) in [6.07, 6.45) is 5.02. The van der Waals surface area contributed by atoms with E-state index in [-0.39, 0.29) is 0 Å². The van der Waals surface area contributed by atoms with Gasteiger partial charge in [0, 0.05) is 15.6 Å². The highest BCUT2D eigenvalue weighted by molar-refractivity contribution is 7.92. The van der Waals surface area contributed by atoms with Crippen molar-refractivity contribution in [2.45, 2.75) is 12.8 Å². The van der Waals surface area contributed by atoms with E-state index in [1.807, 2.05) is 42.5 Å². The van der Waals surface area contributed by atoms with E-state index < -0.39 is 10.0 Å². The molecule has 4 rings (SSSR count). The van der Waals surface area contributed by atoms with E-state index in [1.54, 1.807) is 17.4 Å². The zero-order valence-corrected chi connectivity index (χ0v) is 18.1. The highest BCUT2D eigenvalue weighted by Gasteiger charge is 2.21. The zero-order valence-electron chi connectivity index (χ0n) is 15.0. The molecule has 1 heterocycles. The third kappa shape index (κ3) is 4.28. The van der Waals surface area contributed by atoms with Crippen molar-refractivity contribution in [2.75, 3.05) is 11.0 Å². The molecule has 0 saturated heterocycles.